The Kier molecular flexibility index (Phi) is 4.88. The van der Waals surface area contributed by atoms with Gasteiger partial charge in [0.15, 0.2) is 0 Å². The molecule has 2 N–H and O–H groups in total. The van der Waals surface area contributed by atoms with Gasteiger partial charge >= 0.3 is 6.09 Å². The highest BCUT2D eigenvalue weighted by Crippen LogP contribution is 2.49. The van der Waals surface area contributed by atoms with Crippen molar-refractivity contribution in [1.29, 1.82) is 0 Å². The second kappa shape index (κ2) is 6.08. The largest absolute Gasteiger partial charge is 0.465 e. The molecular formula is C15H18Cl3NO3. The van der Waals surface area contributed by atoms with Crippen molar-refractivity contribution >= 4 is 40.9 Å². The molecule has 1 aromatic carbocycles. The second-order valence-corrected chi connectivity index (χ2v) is 8.33. The molecule has 0 spiro atoms. The van der Waals surface area contributed by atoms with Crippen molar-refractivity contribution in [3.63, 3.8) is 0 Å². The molecule has 7 heteroatoms. The van der Waals surface area contributed by atoms with E-state index in [4.69, 9.17) is 34.8 Å². The van der Waals surface area contributed by atoms with E-state index in [2.05, 4.69) is 0 Å². The van der Waals surface area contributed by atoms with Crippen LogP contribution in [0.2, 0.25) is 0 Å². The van der Waals surface area contributed by atoms with Gasteiger partial charge in [0.1, 0.15) is 5.60 Å². The minimum atomic E-state index is -1.87. The molecule has 1 aliphatic rings. The highest BCUT2D eigenvalue weighted by Gasteiger charge is 2.56. The van der Waals surface area contributed by atoms with E-state index in [1.807, 2.05) is 30.3 Å². The molecule has 2 atom stereocenters. The summed E-state index contributed by atoms with van der Waals surface area (Å²) < 4.78 is -1.87. The first kappa shape index (κ1) is 17.7. The van der Waals surface area contributed by atoms with Crippen LogP contribution in [0.3, 0.4) is 0 Å². The number of rotatable bonds is 2. The lowest BCUT2D eigenvalue weighted by atomic mass is 9.76. The van der Waals surface area contributed by atoms with Crippen LogP contribution < -0.4 is 0 Å². The van der Waals surface area contributed by atoms with Gasteiger partial charge in [0.2, 0.25) is 3.79 Å². The van der Waals surface area contributed by atoms with Gasteiger partial charge in [-0.25, -0.2) is 4.79 Å². The Bertz CT molecular complexity index is 549. The molecule has 1 amide bonds. The van der Waals surface area contributed by atoms with E-state index in [0.29, 0.717) is 6.42 Å². The zero-order valence-corrected chi connectivity index (χ0v) is 14.4. The Labute approximate surface area is 144 Å². The molecule has 1 aromatic rings. The standard InChI is InChI=1S/C15H18Cl3NO3/c1-13(9-11-5-3-2-4-6-11)10-14(22,15(16,17)18)7-8-19(13)12(20)21/h2-6,22H,7-10H2,1H3,(H,20,21)/t13-,14-/m0/s1. The van der Waals surface area contributed by atoms with E-state index < -0.39 is 21.0 Å². The average molecular weight is 367 g/mol. The van der Waals surface area contributed by atoms with Crippen LogP contribution >= 0.6 is 34.8 Å². The molecule has 22 heavy (non-hydrogen) atoms. The number of aliphatic hydroxyl groups is 1. The summed E-state index contributed by atoms with van der Waals surface area (Å²) in [6.45, 7) is 1.89. The molecule has 0 unspecified atom stereocenters. The lowest BCUT2D eigenvalue weighted by molar-refractivity contribution is -0.0696. The number of hydrogen-bond acceptors (Lipinski definition) is 2. The molecule has 0 aromatic heterocycles. The molecule has 1 heterocycles. The van der Waals surface area contributed by atoms with Crippen LogP contribution in [0.5, 0.6) is 0 Å². The minimum Gasteiger partial charge on any atom is -0.465 e. The number of likely N-dealkylation sites (tertiary alicyclic amines) is 1. The van der Waals surface area contributed by atoms with E-state index in [1.54, 1.807) is 6.92 Å². The number of benzene rings is 1. The maximum atomic E-state index is 11.6. The van der Waals surface area contributed by atoms with Gasteiger partial charge in [0.25, 0.3) is 0 Å². The van der Waals surface area contributed by atoms with E-state index in [-0.39, 0.29) is 19.4 Å². The second-order valence-electron chi connectivity index (χ2n) is 6.05. The van der Waals surface area contributed by atoms with E-state index in [0.717, 1.165) is 5.56 Å². The van der Waals surface area contributed by atoms with Crippen LogP contribution in [0, 0.1) is 0 Å². The number of halogens is 3. The van der Waals surface area contributed by atoms with Gasteiger partial charge in [-0.1, -0.05) is 65.1 Å². The number of hydrogen-bond donors (Lipinski definition) is 2. The summed E-state index contributed by atoms with van der Waals surface area (Å²) in [5.41, 5.74) is -1.46. The van der Waals surface area contributed by atoms with E-state index in [9.17, 15) is 15.0 Å². The first-order valence-electron chi connectivity index (χ1n) is 6.91. The molecule has 0 saturated carbocycles. The Balaban J connectivity index is 2.34. The van der Waals surface area contributed by atoms with Gasteiger partial charge in [-0.05, 0) is 25.3 Å². The fourth-order valence-electron chi connectivity index (χ4n) is 3.14. The third-order valence-electron chi connectivity index (χ3n) is 4.26. The molecule has 4 nitrogen and oxygen atoms in total. The van der Waals surface area contributed by atoms with Crippen LogP contribution in [-0.4, -0.2) is 42.7 Å². The topological polar surface area (TPSA) is 60.8 Å². The van der Waals surface area contributed by atoms with Crippen molar-refractivity contribution in [2.45, 2.75) is 41.1 Å². The Morgan fingerprint density at radius 1 is 1.32 bits per heavy atom. The van der Waals surface area contributed by atoms with Crippen molar-refractivity contribution < 1.29 is 15.0 Å². The van der Waals surface area contributed by atoms with E-state index >= 15 is 0 Å². The lowest BCUT2D eigenvalue weighted by Crippen LogP contribution is -2.63. The van der Waals surface area contributed by atoms with Crippen LogP contribution in [-0.2, 0) is 6.42 Å². The number of piperidine rings is 1. The van der Waals surface area contributed by atoms with Gasteiger partial charge in [-0.3, -0.25) is 0 Å². The van der Waals surface area contributed by atoms with Gasteiger partial charge in [0.05, 0.1) is 5.54 Å². The van der Waals surface area contributed by atoms with Crippen LogP contribution in [0.25, 0.3) is 0 Å². The Morgan fingerprint density at radius 2 is 1.91 bits per heavy atom. The highest BCUT2D eigenvalue weighted by molar-refractivity contribution is 6.68. The number of nitrogens with zero attached hydrogens (tertiary/aromatic N) is 1. The van der Waals surface area contributed by atoms with Crippen molar-refractivity contribution in [3.05, 3.63) is 35.9 Å². The quantitative estimate of drug-likeness (QED) is 0.781. The van der Waals surface area contributed by atoms with Crippen molar-refractivity contribution in [3.8, 4) is 0 Å². The Hall–Kier alpha value is -0.680. The average Bonchev–Trinajstić information content (AvgIpc) is 2.37. The summed E-state index contributed by atoms with van der Waals surface area (Å²) in [7, 11) is 0. The molecule has 1 fully saturated rings. The number of carbonyl (C=O) groups is 1. The first-order chi connectivity index (χ1) is 10.1. The molecule has 1 saturated heterocycles. The summed E-state index contributed by atoms with van der Waals surface area (Å²) in [5, 5.41) is 20.2. The van der Waals surface area contributed by atoms with Gasteiger partial charge in [-0.2, -0.15) is 0 Å². The number of carboxylic acid groups (broad SMARTS) is 1. The molecule has 0 bridgehead atoms. The smallest absolute Gasteiger partial charge is 0.407 e. The van der Waals surface area contributed by atoms with E-state index in [1.165, 1.54) is 4.90 Å². The zero-order chi connectivity index (χ0) is 16.6. The van der Waals surface area contributed by atoms with Crippen LogP contribution in [0.4, 0.5) is 4.79 Å². The lowest BCUT2D eigenvalue weighted by Gasteiger charge is -2.51. The molecule has 2 rings (SSSR count). The SMILES string of the molecule is C[C@]1(Cc2ccccc2)C[C@](O)(C(Cl)(Cl)Cl)CCN1C(=O)O. The van der Waals surface area contributed by atoms with Crippen molar-refractivity contribution in [2.75, 3.05) is 6.54 Å². The molecular weight excluding hydrogens is 349 g/mol. The summed E-state index contributed by atoms with van der Waals surface area (Å²) in [6, 6.07) is 9.48. The number of amides is 1. The molecule has 1 aliphatic heterocycles. The monoisotopic (exact) mass is 365 g/mol. The summed E-state index contributed by atoms with van der Waals surface area (Å²) in [4.78, 5) is 12.9. The normalized spacial score (nSPS) is 29.4. The third-order valence-corrected chi connectivity index (χ3v) is 5.32. The fraction of sp³-hybridized carbons (Fsp3) is 0.533. The Morgan fingerprint density at radius 3 is 2.41 bits per heavy atom. The number of alkyl halides is 3. The molecule has 122 valence electrons. The highest BCUT2D eigenvalue weighted by atomic mass is 35.6. The fourth-order valence-corrected chi connectivity index (χ4v) is 3.63. The maximum Gasteiger partial charge on any atom is 0.407 e. The van der Waals surface area contributed by atoms with Gasteiger partial charge < -0.3 is 15.1 Å². The first-order valence-corrected chi connectivity index (χ1v) is 8.04. The molecule has 0 radical (unpaired) electrons. The zero-order valence-electron chi connectivity index (χ0n) is 12.1. The molecule has 0 aliphatic carbocycles. The summed E-state index contributed by atoms with van der Waals surface area (Å²) >= 11 is 17.8. The summed E-state index contributed by atoms with van der Waals surface area (Å²) in [6.07, 6.45) is -0.467. The summed E-state index contributed by atoms with van der Waals surface area (Å²) in [5.74, 6) is 0. The van der Waals surface area contributed by atoms with Crippen molar-refractivity contribution in [2.24, 2.45) is 0 Å². The van der Waals surface area contributed by atoms with Gasteiger partial charge in [0, 0.05) is 13.0 Å². The minimum absolute atomic E-state index is 0.0533. The van der Waals surface area contributed by atoms with Crippen LogP contribution in [0.1, 0.15) is 25.3 Å². The maximum absolute atomic E-state index is 11.6. The predicted octanol–water partition coefficient (Wildman–Crippen LogP) is 3.86. The third kappa shape index (κ3) is 3.46. The van der Waals surface area contributed by atoms with Crippen LogP contribution in [0.15, 0.2) is 30.3 Å². The predicted molar refractivity (Wildman–Crippen MR) is 87.8 cm³/mol. The van der Waals surface area contributed by atoms with Crippen molar-refractivity contribution in [1.82, 2.24) is 4.90 Å². The van der Waals surface area contributed by atoms with Gasteiger partial charge in [-0.15, -0.1) is 0 Å².